The van der Waals surface area contributed by atoms with Crippen molar-refractivity contribution in [3.8, 4) is 0 Å². The van der Waals surface area contributed by atoms with Crippen LogP contribution in [0.15, 0.2) is 72.9 Å². The van der Waals surface area contributed by atoms with E-state index in [9.17, 15) is 15.0 Å². The highest BCUT2D eigenvalue weighted by Crippen LogP contribution is 2.05. The molecule has 3 N–H and O–H groups in total. The molecule has 192 valence electrons. The Morgan fingerprint density at radius 3 is 1.91 bits per heavy atom. The second-order valence-corrected chi connectivity index (χ2v) is 8.36. The first-order chi connectivity index (χ1) is 16.7. The molecule has 0 aromatic carbocycles. The van der Waals surface area contributed by atoms with Gasteiger partial charge in [-0.05, 0) is 64.2 Å². The summed E-state index contributed by atoms with van der Waals surface area (Å²) in [5.74, 6) is -0.126. The molecule has 0 saturated heterocycles. The molecule has 0 heterocycles. The van der Waals surface area contributed by atoms with Gasteiger partial charge in [-0.2, -0.15) is 0 Å². The summed E-state index contributed by atoms with van der Waals surface area (Å²) in [7, 11) is 0. The molecule has 0 aromatic heterocycles. The number of hydrogen-bond acceptors (Lipinski definition) is 3. The van der Waals surface area contributed by atoms with E-state index in [0.29, 0.717) is 6.42 Å². The predicted octanol–water partition coefficient (Wildman–Crippen LogP) is 6.88. The smallest absolute Gasteiger partial charge is 0.220 e. The highest BCUT2D eigenvalue weighted by Gasteiger charge is 2.17. The normalized spacial score (nSPS) is 14.6. The number of carbonyl (C=O) groups excluding carboxylic acids is 1. The molecule has 0 spiro atoms. The number of carbonyl (C=O) groups is 1. The van der Waals surface area contributed by atoms with Gasteiger partial charge in [0, 0.05) is 6.42 Å². The van der Waals surface area contributed by atoms with E-state index < -0.39 is 12.1 Å². The fourth-order valence-corrected chi connectivity index (χ4v) is 3.13. The fourth-order valence-electron chi connectivity index (χ4n) is 3.13. The number of hydrogen-bond donors (Lipinski definition) is 3. The first-order valence-corrected chi connectivity index (χ1v) is 13.2. The van der Waals surface area contributed by atoms with Crippen LogP contribution in [0.25, 0.3) is 0 Å². The van der Waals surface area contributed by atoms with Crippen LogP contribution in [0.1, 0.15) is 90.9 Å². The van der Waals surface area contributed by atoms with E-state index in [0.717, 1.165) is 70.6 Å². The lowest BCUT2D eigenvalue weighted by Gasteiger charge is -2.19. The van der Waals surface area contributed by atoms with E-state index in [-0.39, 0.29) is 12.5 Å². The molecule has 1 amide bonds. The van der Waals surface area contributed by atoms with Crippen LogP contribution in [0.3, 0.4) is 0 Å². The van der Waals surface area contributed by atoms with Crippen LogP contribution in [0.4, 0.5) is 0 Å². The molecule has 0 aromatic rings. The topological polar surface area (TPSA) is 69.6 Å². The molecule has 0 radical (unpaired) electrons. The Labute approximate surface area is 208 Å². The molecule has 0 bridgehead atoms. The number of unbranched alkanes of at least 4 members (excludes halogenated alkanes) is 4. The number of nitrogens with one attached hydrogen (secondary N) is 1. The molecule has 2 unspecified atom stereocenters. The molecule has 0 rings (SSSR count). The van der Waals surface area contributed by atoms with Crippen molar-refractivity contribution in [2.24, 2.45) is 0 Å². The minimum atomic E-state index is -0.877. The quantitative estimate of drug-likeness (QED) is 0.126. The fraction of sp³-hybridized carbons (Fsp3) is 0.567. The zero-order valence-corrected chi connectivity index (χ0v) is 21.6. The zero-order valence-electron chi connectivity index (χ0n) is 21.6. The molecule has 0 fully saturated rings. The Hall–Kier alpha value is -2.17. The zero-order chi connectivity index (χ0) is 25.1. The van der Waals surface area contributed by atoms with Crippen molar-refractivity contribution < 1.29 is 15.0 Å². The highest BCUT2D eigenvalue weighted by molar-refractivity contribution is 5.76. The second-order valence-electron chi connectivity index (χ2n) is 8.36. The highest BCUT2D eigenvalue weighted by atomic mass is 16.3. The molecular weight excluding hydrogens is 422 g/mol. The summed E-state index contributed by atoms with van der Waals surface area (Å²) in [6.07, 6.45) is 35.5. The van der Waals surface area contributed by atoms with E-state index in [1.54, 1.807) is 6.08 Å². The maximum Gasteiger partial charge on any atom is 0.220 e. The van der Waals surface area contributed by atoms with Crippen molar-refractivity contribution in [2.75, 3.05) is 6.61 Å². The Morgan fingerprint density at radius 1 is 0.735 bits per heavy atom. The van der Waals surface area contributed by atoms with Crippen molar-refractivity contribution in [2.45, 2.75) is 103 Å². The lowest BCUT2D eigenvalue weighted by atomic mass is 10.1. The summed E-state index contributed by atoms with van der Waals surface area (Å²) < 4.78 is 0. The summed E-state index contributed by atoms with van der Waals surface area (Å²) in [5.41, 5.74) is 0. The van der Waals surface area contributed by atoms with Crippen molar-refractivity contribution in [3.63, 3.8) is 0 Å². The monoisotopic (exact) mass is 471 g/mol. The van der Waals surface area contributed by atoms with Crippen LogP contribution in [0.5, 0.6) is 0 Å². The third kappa shape index (κ3) is 21.7. The van der Waals surface area contributed by atoms with Crippen molar-refractivity contribution >= 4 is 5.91 Å². The van der Waals surface area contributed by atoms with E-state index in [1.165, 1.54) is 0 Å². The van der Waals surface area contributed by atoms with Crippen molar-refractivity contribution in [1.82, 2.24) is 5.32 Å². The Balaban J connectivity index is 3.88. The standard InChI is InChI=1S/C30H49NO3/c1-3-5-7-9-11-12-13-14-15-16-17-18-20-22-24-26-30(34)31-28(27-32)29(33)25-23-21-19-10-8-6-4-2/h5,7-8,10-12,14-15,17-18,23,25,28-29,32-33H,3-4,6,9,13,16,19-22,24,26-27H2,1-2H3,(H,31,34)/b7-5-,10-8+,12-11-,15-14-,18-17-,25-23+. The lowest BCUT2D eigenvalue weighted by Crippen LogP contribution is -2.45. The van der Waals surface area contributed by atoms with Crippen molar-refractivity contribution in [3.05, 3.63) is 72.9 Å². The third-order valence-electron chi connectivity index (χ3n) is 5.15. The van der Waals surface area contributed by atoms with Crippen LogP contribution in [0, 0.1) is 0 Å². The van der Waals surface area contributed by atoms with Gasteiger partial charge in [0.2, 0.25) is 5.91 Å². The maximum absolute atomic E-state index is 12.1. The molecule has 0 aliphatic rings. The largest absolute Gasteiger partial charge is 0.394 e. The Morgan fingerprint density at radius 2 is 1.29 bits per heavy atom. The van der Waals surface area contributed by atoms with Gasteiger partial charge in [0.05, 0.1) is 18.8 Å². The number of amides is 1. The van der Waals surface area contributed by atoms with Crippen LogP contribution >= 0.6 is 0 Å². The molecule has 2 atom stereocenters. The van der Waals surface area contributed by atoms with Gasteiger partial charge in [-0.1, -0.05) is 93.2 Å². The van der Waals surface area contributed by atoms with Crippen LogP contribution in [-0.4, -0.2) is 34.9 Å². The summed E-state index contributed by atoms with van der Waals surface area (Å²) in [4.78, 5) is 12.1. The van der Waals surface area contributed by atoms with Gasteiger partial charge in [-0.15, -0.1) is 0 Å². The summed E-state index contributed by atoms with van der Waals surface area (Å²) >= 11 is 0. The number of aliphatic hydroxyl groups excluding tert-OH is 2. The molecule has 0 saturated carbocycles. The molecular formula is C30H49NO3. The van der Waals surface area contributed by atoms with Crippen LogP contribution in [0.2, 0.25) is 0 Å². The SMILES string of the molecule is CC/C=C\C/C=C\C/C=C\C/C=C\CCCCC(=O)NC(CO)C(O)/C=C/CC/C=C/CCC. The van der Waals surface area contributed by atoms with Gasteiger partial charge < -0.3 is 15.5 Å². The molecule has 0 aliphatic carbocycles. The molecule has 4 nitrogen and oxygen atoms in total. The van der Waals surface area contributed by atoms with Gasteiger partial charge in [0.15, 0.2) is 0 Å². The maximum atomic E-state index is 12.1. The van der Waals surface area contributed by atoms with Crippen LogP contribution in [-0.2, 0) is 4.79 Å². The van der Waals surface area contributed by atoms with Gasteiger partial charge in [-0.25, -0.2) is 0 Å². The Bertz CT molecular complexity index is 643. The summed E-state index contributed by atoms with van der Waals surface area (Å²) in [5, 5.41) is 22.5. The van der Waals surface area contributed by atoms with Gasteiger partial charge in [0.1, 0.15) is 0 Å². The minimum Gasteiger partial charge on any atom is -0.394 e. The van der Waals surface area contributed by atoms with Crippen molar-refractivity contribution in [1.29, 1.82) is 0 Å². The summed E-state index contributed by atoms with van der Waals surface area (Å²) in [6.45, 7) is 4.01. The van der Waals surface area contributed by atoms with E-state index in [2.05, 4.69) is 79.9 Å². The number of allylic oxidation sites excluding steroid dienone is 11. The molecule has 4 heteroatoms. The minimum absolute atomic E-state index is 0.126. The van der Waals surface area contributed by atoms with Gasteiger partial charge in [-0.3, -0.25) is 4.79 Å². The Kier molecular flexibility index (Phi) is 23.8. The first kappa shape index (κ1) is 31.8. The number of aliphatic hydroxyl groups is 2. The average molecular weight is 472 g/mol. The predicted molar refractivity (Wildman–Crippen MR) is 147 cm³/mol. The first-order valence-electron chi connectivity index (χ1n) is 13.2. The van der Waals surface area contributed by atoms with E-state index >= 15 is 0 Å². The average Bonchev–Trinajstić information content (AvgIpc) is 2.84. The van der Waals surface area contributed by atoms with Crippen LogP contribution < -0.4 is 5.32 Å². The van der Waals surface area contributed by atoms with E-state index in [4.69, 9.17) is 0 Å². The lowest BCUT2D eigenvalue weighted by molar-refractivity contribution is -0.123. The third-order valence-corrected chi connectivity index (χ3v) is 5.15. The van der Waals surface area contributed by atoms with Gasteiger partial charge in [0.25, 0.3) is 0 Å². The second kappa shape index (κ2) is 25.5. The molecule has 34 heavy (non-hydrogen) atoms. The molecule has 0 aliphatic heterocycles. The van der Waals surface area contributed by atoms with Gasteiger partial charge >= 0.3 is 0 Å². The number of rotatable bonds is 21. The summed E-state index contributed by atoms with van der Waals surface area (Å²) in [6, 6.07) is -0.659. The van der Waals surface area contributed by atoms with E-state index in [1.807, 2.05) is 6.08 Å².